The van der Waals surface area contributed by atoms with Crippen molar-refractivity contribution in [3.05, 3.63) is 63.8 Å². The third kappa shape index (κ3) is 4.18. The molecule has 0 spiro atoms. The average molecular weight is 440 g/mol. The number of ether oxygens (including phenoxy) is 1. The van der Waals surface area contributed by atoms with Crippen LogP contribution >= 0.6 is 15.9 Å². The third-order valence-electron chi connectivity index (χ3n) is 4.30. The fourth-order valence-electron chi connectivity index (χ4n) is 2.89. The summed E-state index contributed by atoms with van der Waals surface area (Å²) < 4.78 is 5.50. The highest BCUT2D eigenvalue weighted by molar-refractivity contribution is 9.10. The highest BCUT2D eigenvalue weighted by atomic mass is 79.9. The van der Waals surface area contributed by atoms with Gasteiger partial charge >= 0.3 is 0 Å². The van der Waals surface area contributed by atoms with Gasteiger partial charge in [-0.25, -0.2) is 0 Å². The van der Waals surface area contributed by atoms with Gasteiger partial charge in [0.15, 0.2) is 11.5 Å². The van der Waals surface area contributed by atoms with Gasteiger partial charge in [-0.2, -0.15) is 5.26 Å². The van der Waals surface area contributed by atoms with E-state index in [-0.39, 0.29) is 17.1 Å². The number of phenols is 1. The predicted octanol–water partition coefficient (Wildman–Crippen LogP) is 3.91. The molecule has 0 aliphatic heterocycles. The average Bonchev–Trinajstić information content (AvgIpc) is 3.11. The number of hydrogen-bond donors (Lipinski definition) is 3. The molecule has 0 radical (unpaired) electrons. The van der Waals surface area contributed by atoms with E-state index in [1.807, 2.05) is 36.5 Å². The topological polar surface area (TPSA) is 98.1 Å². The van der Waals surface area contributed by atoms with Crippen LogP contribution in [0, 0.1) is 11.3 Å². The molecule has 28 heavy (non-hydrogen) atoms. The van der Waals surface area contributed by atoms with Crippen LogP contribution in [0.1, 0.15) is 11.1 Å². The number of carbonyl (C=O) groups excluding carboxylic acids is 1. The van der Waals surface area contributed by atoms with Gasteiger partial charge in [-0.3, -0.25) is 4.79 Å². The number of aromatic amines is 1. The number of nitriles is 1. The highest BCUT2D eigenvalue weighted by Crippen LogP contribution is 2.35. The van der Waals surface area contributed by atoms with Gasteiger partial charge in [0.1, 0.15) is 11.6 Å². The lowest BCUT2D eigenvalue weighted by atomic mass is 10.1. The quantitative estimate of drug-likeness (QED) is 0.400. The van der Waals surface area contributed by atoms with Crippen molar-refractivity contribution in [2.45, 2.75) is 6.42 Å². The predicted molar refractivity (Wildman–Crippen MR) is 111 cm³/mol. The minimum absolute atomic E-state index is 0.0291. The smallest absolute Gasteiger partial charge is 0.261 e. The molecular formula is C21H18BrN3O3. The van der Waals surface area contributed by atoms with E-state index >= 15 is 0 Å². The Morgan fingerprint density at radius 3 is 2.93 bits per heavy atom. The Hall–Kier alpha value is -3.24. The largest absolute Gasteiger partial charge is 0.503 e. The van der Waals surface area contributed by atoms with Crippen LogP contribution in [0.25, 0.3) is 17.0 Å². The molecule has 2 aromatic carbocycles. The number of benzene rings is 2. The van der Waals surface area contributed by atoms with Crippen molar-refractivity contribution in [1.82, 2.24) is 10.3 Å². The number of phenolic OH excluding ortho intramolecular Hbond substituents is 1. The molecule has 3 rings (SSSR count). The second-order valence-electron chi connectivity index (χ2n) is 6.09. The number of hydrogen-bond acceptors (Lipinski definition) is 4. The van der Waals surface area contributed by atoms with Crippen molar-refractivity contribution < 1.29 is 14.6 Å². The number of amides is 1. The second-order valence-corrected chi connectivity index (χ2v) is 6.94. The molecule has 0 bridgehead atoms. The van der Waals surface area contributed by atoms with E-state index in [4.69, 9.17) is 4.74 Å². The molecule has 3 aromatic rings. The molecule has 0 aliphatic carbocycles. The summed E-state index contributed by atoms with van der Waals surface area (Å²) in [6.07, 6.45) is 4.03. The van der Waals surface area contributed by atoms with Crippen molar-refractivity contribution >= 4 is 38.8 Å². The van der Waals surface area contributed by atoms with Crippen LogP contribution in [0.4, 0.5) is 0 Å². The maximum absolute atomic E-state index is 12.4. The first-order valence-corrected chi connectivity index (χ1v) is 9.34. The van der Waals surface area contributed by atoms with E-state index in [1.54, 1.807) is 12.1 Å². The molecule has 142 valence electrons. The molecule has 0 saturated heterocycles. The lowest BCUT2D eigenvalue weighted by Crippen LogP contribution is -2.26. The zero-order valence-electron chi connectivity index (χ0n) is 15.1. The van der Waals surface area contributed by atoms with E-state index in [2.05, 4.69) is 26.2 Å². The van der Waals surface area contributed by atoms with Crippen molar-refractivity contribution in [2.75, 3.05) is 13.7 Å². The molecule has 7 heteroatoms. The Labute approximate surface area is 170 Å². The van der Waals surface area contributed by atoms with Crippen LogP contribution in [0.15, 0.2) is 52.6 Å². The Kier molecular flexibility index (Phi) is 6.02. The van der Waals surface area contributed by atoms with Crippen molar-refractivity contribution in [3.8, 4) is 17.6 Å². The Balaban J connectivity index is 1.69. The number of fused-ring (bicyclic) bond motifs is 1. The number of nitrogens with zero attached hydrogens (tertiary/aromatic N) is 1. The first-order valence-electron chi connectivity index (χ1n) is 8.55. The standard InChI is InChI=1S/C21H18BrN3O3/c1-28-19-10-13(9-17(22)20(19)26)8-15(11-23)21(27)24-7-6-14-12-25-18-5-3-2-4-16(14)18/h2-5,8-10,12,25-26H,6-7H2,1H3,(H,24,27)/b15-8+. The van der Waals surface area contributed by atoms with Crippen LogP contribution in [-0.4, -0.2) is 29.7 Å². The Morgan fingerprint density at radius 1 is 1.39 bits per heavy atom. The second kappa shape index (κ2) is 8.63. The van der Waals surface area contributed by atoms with Crippen LogP contribution in [0.5, 0.6) is 11.5 Å². The van der Waals surface area contributed by atoms with Gasteiger partial charge in [-0.1, -0.05) is 18.2 Å². The summed E-state index contributed by atoms with van der Waals surface area (Å²) in [6, 6.07) is 13.0. The summed E-state index contributed by atoms with van der Waals surface area (Å²) in [5, 5.41) is 23.1. The van der Waals surface area contributed by atoms with E-state index in [0.29, 0.717) is 23.0 Å². The number of para-hydroxylation sites is 1. The molecule has 0 fully saturated rings. The molecule has 0 unspecified atom stereocenters. The molecular weight excluding hydrogens is 422 g/mol. The van der Waals surface area contributed by atoms with E-state index in [1.165, 1.54) is 13.2 Å². The molecule has 1 amide bonds. The van der Waals surface area contributed by atoms with Crippen LogP contribution in [0.3, 0.4) is 0 Å². The fourth-order valence-corrected chi connectivity index (χ4v) is 3.35. The molecule has 3 N–H and O–H groups in total. The number of H-pyrrole nitrogens is 1. The number of carbonyl (C=O) groups is 1. The monoisotopic (exact) mass is 439 g/mol. The zero-order valence-corrected chi connectivity index (χ0v) is 16.7. The number of aromatic nitrogens is 1. The maximum Gasteiger partial charge on any atom is 0.261 e. The molecule has 0 atom stereocenters. The normalized spacial score (nSPS) is 11.2. The van der Waals surface area contributed by atoms with Crippen LogP contribution in [0.2, 0.25) is 0 Å². The number of halogens is 1. The number of methoxy groups -OCH3 is 1. The summed E-state index contributed by atoms with van der Waals surface area (Å²) >= 11 is 3.22. The maximum atomic E-state index is 12.4. The first-order chi connectivity index (χ1) is 13.5. The summed E-state index contributed by atoms with van der Waals surface area (Å²) in [7, 11) is 1.43. The molecule has 0 saturated carbocycles. The van der Waals surface area contributed by atoms with Gasteiger partial charge in [0.05, 0.1) is 11.6 Å². The minimum Gasteiger partial charge on any atom is -0.503 e. The molecule has 1 aromatic heterocycles. The lowest BCUT2D eigenvalue weighted by Gasteiger charge is -2.07. The summed E-state index contributed by atoms with van der Waals surface area (Å²) in [5.74, 6) is -0.246. The van der Waals surface area contributed by atoms with Gasteiger partial charge in [-0.15, -0.1) is 0 Å². The summed E-state index contributed by atoms with van der Waals surface area (Å²) in [4.78, 5) is 15.6. The summed E-state index contributed by atoms with van der Waals surface area (Å²) in [5.41, 5.74) is 2.68. The fraction of sp³-hybridized carbons (Fsp3) is 0.143. The Bertz CT molecular complexity index is 1100. The van der Waals surface area contributed by atoms with Crippen molar-refractivity contribution in [3.63, 3.8) is 0 Å². The van der Waals surface area contributed by atoms with Gasteiger partial charge < -0.3 is 20.1 Å². The minimum atomic E-state index is -0.453. The SMILES string of the molecule is COc1cc(/C=C(\C#N)C(=O)NCCc2c[nH]c3ccccc23)cc(Br)c1O. The lowest BCUT2D eigenvalue weighted by molar-refractivity contribution is -0.117. The molecule has 1 heterocycles. The number of nitrogens with one attached hydrogen (secondary N) is 2. The first kappa shape index (κ1) is 19.5. The van der Waals surface area contributed by atoms with Crippen LogP contribution in [-0.2, 0) is 11.2 Å². The van der Waals surface area contributed by atoms with Crippen molar-refractivity contribution in [2.24, 2.45) is 0 Å². The van der Waals surface area contributed by atoms with E-state index in [0.717, 1.165) is 16.5 Å². The molecule has 6 nitrogen and oxygen atoms in total. The Morgan fingerprint density at radius 2 is 2.18 bits per heavy atom. The van der Waals surface area contributed by atoms with Gasteiger partial charge in [0.2, 0.25) is 0 Å². The van der Waals surface area contributed by atoms with E-state index < -0.39 is 5.91 Å². The van der Waals surface area contributed by atoms with Gasteiger partial charge in [0.25, 0.3) is 5.91 Å². The zero-order chi connectivity index (χ0) is 20.1. The van der Waals surface area contributed by atoms with Gasteiger partial charge in [0, 0.05) is 23.6 Å². The van der Waals surface area contributed by atoms with Crippen LogP contribution < -0.4 is 10.1 Å². The molecule has 0 aliphatic rings. The number of aromatic hydroxyl groups is 1. The highest BCUT2D eigenvalue weighted by Gasteiger charge is 2.12. The van der Waals surface area contributed by atoms with E-state index in [9.17, 15) is 15.2 Å². The summed E-state index contributed by atoms with van der Waals surface area (Å²) in [6.45, 7) is 0.405. The number of rotatable bonds is 6. The van der Waals surface area contributed by atoms with Crippen molar-refractivity contribution in [1.29, 1.82) is 5.26 Å². The third-order valence-corrected chi connectivity index (χ3v) is 4.91. The van der Waals surface area contributed by atoms with Gasteiger partial charge in [-0.05, 0) is 57.8 Å².